The van der Waals surface area contributed by atoms with Gasteiger partial charge in [-0.3, -0.25) is 9.59 Å². The molecular formula is C80H139NO10. The fourth-order valence-electron chi connectivity index (χ4n) is 11.3. The SMILES string of the molecule is CC/C=C\C/C=C\C/C=C\C/C=C\C/C=C\C/C=C\CCCCCCCC(O)C(=O)NC(COC1OC(CO)C(O)C(O)C1OC(=O)CCCCCCCCCCCCCCCCCCC/C=C\C/C=C\CCCCC)C(O)/C=C/CCCCCCCCCCC. The van der Waals surface area contributed by atoms with Crippen molar-refractivity contribution in [1.29, 1.82) is 0 Å². The van der Waals surface area contributed by atoms with Crippen molar-refractivity contribution in [2.24, 2.45) is 0 Å². The van der Waals surface area contributed by atoms with Gasteiger partial charge in [0.1, 0.15) is 24.4 Å². The lowest BCUT2D eigenvalue weighted by molar-refractivity contribution is -0.305. The molecule has 6 N–H and O–H groups in total. The van der Waals surface area contributed by atoms with E-state index in [0.717, 1.165) is 122 Å². The van der Waals surface area contributed by atoms with Crippen molar-refractivity contribution in [3.05, 3.63) is 109 Å². The molecule has 91 heavy (non-hydrogen) atoms. The van der Waals surface area contributed by atoms with Gasteiger partial charge in [-0.15, -0.1) is 0 Å². The van der Waals surface area contributed by atoms with Gasteiger partial charge >= 0.3 is 5.97 Å². The third-order valence-electron chi connectivity index (χ3n) is 17.2. The number of aliphatic hydroxyl groups is 5. The molecule has 0 bridgehead atoms. The third-order valence-corrected chi connectivity index (χ3v) is 17.2. The number of aliphatic hydroxyl groups excluding tert-OH is 5. The van der Waals surface area contributed by atoms with Gasteiger partial charge in [0, 0.05) is 6.42 Å². The summed E-state index contributed by atoms with van der Waals surface area (Å²) in [4.78, 5) is 26.7. The van der Waals surface area contributed by atoms with E-state index in [9.17, 15) is 35.1 Å². The van der Waals surface area contributed by atoms with E-state index >= 15 is 0 Å². The Morgan fingerprint density at radius 3 is 1.21 bits per heavy atom. The van der Waals surface area contributed by atoms with Crippen LogP contribution in [0.5, 0.6) is 0 Å². The molecule has 1 aliphatic rings. The number of unbranched alkanes of at least 4 members (excludes halogenated alkanes) is 34. The summed E-state index contributed by atoms with van der Waals surface area (Å²) >= 11 is 0. The second kappa shape index (κ2) is 66.3. The summed E-state index contributed by atoms with van der Waals surface area (Å²) < 4.78 is 17.7. The Morgan fingerprint density at radius 2 is 0.791 bits per heavy atom. The zero-order valence-corrected chi connectivity index (χ0v) is 58.4. The van der Waals surface area contributed by atoms with E-state index in [1.54, 1.807) is 6.08 Å². The molecule has 0 aromatic carbocycles. The monoisotopic (exact) mass is 1270 g/mol. The van der Waals surface area contributed by atoms with Crippen LogP contribution in [0.3, 0.4) is 0 Å². The van der Waals surface area contributed by atoms with Crippen molar-refractivity contribution in [3.63, 3.8) is 0 Å². The van der Waals surface area contributed by atoms with Crippen LogP contribution in [-0.4, -0.2) is 99.6 Å². The number of allylic oxidation sites excluding steroid dienone is 17. The molecule has 0 spiro atoms. The highest BCUT2D eigenvalue weighted by molar-refractivity contribution is 5.80. The average molecular weight is 1270 g/mol. The fourth-order valence-corrected chi connectivity index (χ4v) is 11.3. The number of carbonyl (C=O) groups excluding carboxylic acids is 2. The molecule has 1 heterocycles. The number of hydrogen-bond acceptors (Lipinski definition) is 10. The van der Waals surface area contributed by atoms with Gasteiger partial charge < -0.3 is 45.1 Å². The molecule has 1 amide bonds. The van der Waals surface area contributed by atoms with Crippen molar-refractivity contribution in [2.75, 3.05) is 13.2 Å². The highest BCUT2D eigenvalue weighted by atomic mass is 16.7. The zero-order chi connectivity index (χ0) is 66.0. The molecule has 1 aliphatic heterocycles. The summed E-state index contributed by atoms with van der Waals surface area (Å²) in [6, 6.07) is -1.04. The molecule has 0 radical (unpaired) electrons. The van der Waals surface area contributed by atoms with E-state index in [-0.39, 0.29) is 19.4 Å². The first-order valence-corrected chi connectivity index (χ1v) is 37.7. The summed E-state index contributed by atoms with van der Waals surface area (Å²) in [5, 5.41) is 57.3. The van der Waals surface area contributed by atoms with Gasteiger partial charge in [-0.2, -0.15) is 0 Å². The molecule has 8 atom stereocenters. The first kappa shape index (κ1) is 85.3. The van der Waals surface area contributed by atoms with E-state index in [0.29, 0.717) is 12.8 Å². The van der Waals surface area contributed by atoms with Crippen molar-refractivity contribution in [2.45, 2.75) is 372 Å². The van der Waals surface area contributed by atoms with Gasteiger partial charge in [0.05, 0.1) is 25.4 Å². The summed E-state index contributed by atoms with van der Waals surface area (Å²) in [7, 11) is 0. The summed E-state index contributed by atoms with van der Waals surface area (Å²) in [6.45, 7) is 5.67. The Hall–Kier alpha value is -3.68. The topological polar surface area (TPSA) is 175 Å². The van der Waals surface area contributed by atoms with Crippen molar-refractivity contribution < 1.29 is 49.3 Å². The van der Waals surface area contributed by atoms with Crippen LogP contribution in [0.25, 0.3) is 0 Å². The van der Waals surface area contributed by atoms with E-state index in [4.69, 9.17) is 14.2 Å². The van der Waals surface area contributed by atoms with Crippen molar-refractivity contribution in [3.8, 4) is 0 Å². The molecule has 1 fully saturated rings. The van der Waals surface area contributed by atoms with Crippen LogP contribution in [0.4, 0.5) is 0 Å². The summed E-state index contributed by atoms with van der Waals surface area (Å²) in [5.74, 6) is -1.21. The minimum Gasteiger partial charge on any atom is -0.454 e. The Labute approximate surface area is 558 Å². The molecule has 0 saturated carbocycles. The molecule has 0 aliphatic carbocycles. The van der Waals surface area contributed by atoms with E-state index in [2.05, 4.69) is 123 Å². The average Bonchev–Trinajstić information content (AvgIpc) is 0.943. The minimum absolute atomic E-state index is 0.119. The van der Waals surface area contributed by atoms with E-state index < -0.39 is 67.4 Å². The molecule has 11 nitrogen and oxygen atoms in total. The van der Waals surface area contributed by atoms with Crippen LogP contribution in [-0.2, 0) is 23.8 Å². The number of ether oxygens (including phenoxy) is 3. The first-order chi connectivity index (χ1) is 44.7. The lowest BCUT2D eigenvalue weighted by Crippen LogP contribution is -2.61. The van der Waals surface area contributed by atoms with Gasteiger partial charge in [-0.25, -0.2) is 0 Å². The van der Waals surface area contributed by atoms with Crippen LogP contribution < -0.4 is 5.32 Å². The zero-order valence-electron chi connectivity index (χ0n) is 58.4. The molecule has 1 saturated heterocycles. The van der Waals surface area contributed by atoms with Crippen LogP contribution in [0, 0.1) is 0 Å². The normalized spacial score (nSPS) is 18.6. The number of hydrogen-bond donors (Lipinski definition) is 6. The predicted molar refractivity (Wildman–Crippen MR) is 384 cm³/mol. The smallest absolute Gasteiger partial charge is 0.306 e. The van der Waals surface area contributed by atoms with Crippen LogP contribution in [0.1, 0.15) is 323 Å². The van der Waals surface area contributed by atoms with Gasteiger partial charge in [0.2, 0.25) is 5.91 Å². The maximum Gasteiger partial charge on any atom is 0.306 e. The number of nitrogens with one attached hydrogen (secondary N) is 1. The van der Waals surface area contributed by atoms with Gasteiger partial charge in [0.25, 0.3) is 0 Å². The quantitative estimate of drug-likeness (QED) is 0.0195. The molecule has 11 heteroatoms. The maximum atomic E-state index is 13.5. The first-order valence-electron chi connectivity index (χ1n) is 37.7. The number of amides is 1. The second-order valence-corrected chi connectivity index (χ2v) is 25.6. The molecular weight excluding hydrogens is 1130 g/mol. The van der Waals surface area contributed by atoms with Crippen LogP contribution in [0.2, 0.25) is 0 Å². The third kappa shape index (κ3) is 53.3. The van der Waals surface area contributed by atoms with Crippen molar-refractivity contribution >= 4 is 11.9 Å². The highest BCUT2D eigenvalue weighted by Gasteiger charge is 2.47. The number of esters is 1. The lowest BCUT2D eigenvalue weighted by atomic mass is 9.99. The standard InChI is InChI=1S/C80H139NO10/c1-4-7-10-13-16-19-22-24-26-28-30-32-34-36-37-38-40-42-44-46-48-50-53-56-59-62-65-68-75(85)91-78-77(87)76(86)74(69-82)90-80(78)89-70-71(72(83)66-63-60-57-54-51-21-18-15-12-9-6-3)81-79(88)73(84)67-64-61-58-55-52-49-47-45-43-41-39-35-33-31-29-27-25-23-20-17-14-11-8-5-2/h8,11,16-17,19-20,24-27,31,33,39,41,45,47,63,66,71-74,76-78,80,82-84,86-87H,4-7,9-10,12-15,18,21-23,28-30,32,34-38,40,42-44,46,48-62,64-65,67-70H2,1-3H3,(H,81,88)/b11-8-,19-16-,20-17-,26-24-,27-25-,33-31-,41-39-,47-45-,66-63+. The van der Waals surface area contributed by atoms with E-state index in [1.807, 2.05) is 6.08 Å². The Bertz CT molecular complexity index is 1900. The molecule has 1 rings (SSSR count). The highest BCUT2D eigenvalue weighted by Crippen LogP contribution is 2.26. The van der Waals surface area contributed by atoms with Gasteiger partial charge in [-0.1, -0.05) is 316 Å². The molecule has 8 unspecified atom stereocenters. The predicted octanol–water partition coefficient (Wildman–Crippen LogP) is 20.0. The molecule has 524 valence electrons. The number of rotatable bonds is 64. The maximum absolute atomic E-state index is 13.5. The van der Waals surface area contributed by atoms with Gasteiger partial charge in [0.15, 0.2) is 12.4 Å². The second-order valence-electron chi connectivity index (χ2n) is 25.6. The van der Waals surface area contributed by atoms with Crippen LogP contribution >= 0.6 is 0 Å². The van der Waals surface area contributed by atoms with Crippen LogP contribution in [0.15, 0.2) is 109 Å². The molecule has 0 aromatic heterocycles. The van der Waals surface area contributed by atoms with Gasteiger partial charge in [-0.05, 0) is 109 Å². The largest absolute Gasteiger partial charge is 0.454 e. The minimum atomic E-state index is -1.62. The van der Waals surface area contributed by atoms with Crippen molar-refractivity contribution in [1.82, 2.24) is 5.32 Å². The fraction of sp³-hybridized carbons (Fsp3) is 0.750. The number of carbonyl (C=O) groups is 2. The Balaban J connectivity index is 2.52. The summed E-state index contributed by atoms with van der Waals surface area (Å²) in [6.07, 6.45) is 81.4. The Morgan fingerprint density at radius 1 is 0.440 bits per heavy atom. The molecule has 0 aromatic rings. The lowest BCUT2D eigenvalue weighted by Gasteiger charge is -2.41. The van der Waals surface area contributed by atoms with E-state index in [1.165, 1.54) is 154 Å². The Kier molecular flexibility index (Phi) is 62.2. The summed E-state index contributed by atoms with van der Waals surface area (Å²) in [5.41, 5.74) is 0.